The van der Waals surface area contributed by atoms with Crippen molar-refractivity contribution < 1.29 is 9.18 Å². The van der Waals surface area contributed by atoms with Gasteiger partial charge in [-0.05, 0) is 31.2 Å². The highest BCUT2D eigenvalue weighted by Gasteiger charge is 2.17. The lowest BCUT2D eigenvalue weighted by Crippen LogP contribution is -2.15. The molecule has 1 N–H and O–H groups in total. The van der Waals surface area contributed by atoms with Crippen molar-refractivity contribution >= 4 is 34.4 Å². The Kier molecular flexibility index (Phi) is 4.74. The summed E-state index contributed by atoms with van der Waals surface area (Å²) in [6.07, 6.45) is 3.18. The molecule has 28 heavy (non-hydrogen) atoms. The van der Waals surface area contributed by atoms with E-state index in [1.54, 1.807) is 29.1 Å². The molecule has 0 bridgehead atoms. The van der Waals surface area contributed by atoms with E-state index in [1.165, 1.54) is 23.1 Å². The van der Waals surface area contributed by atoms with E-state index in [9.17, 15) is 9.18 Å². The van der Waals surface area contributed by atoms with Crippen LogP contribution in [0, 0.1) is 12.7 Å². The Morgan fingerprint density at radius 2 is 2.00 bits per heavy atom. The van der Waals surface area contributed by atoms with Gasteiger partial charge in [0.05, 0.1) is 23.0 Å². The smallest absolute Gasteiger partial charge is 0.226 e. The fraction of sp³-hybridized carbons (Fsp3) is 0.167. The molecule has 0 radical (unpaired) electrons. The number of benzene rings is 1. The first-order valence-electron chi connectivity index (χ1n) is 8.44. The van der Waals surface area contributed by atoms with E-state index < -0.39 is 0 Å². The van der Waals surface area contributed by atoms with Crippen molar-refractivity contribution in [1.82, 2.24) is 29.5 Å². The topological polar surface area (TPSA) is 90.5 Å². The number of hydrogen-bond acceptors (Lipinski definition) is 5. The van der Waals surface area contributed by atoms with E-state index in [-0.39, 0.29) is 24.0 Å². The molecule has 0 unspecified atom stereocenters. The van der Waals surface area contributed by atoms with Gasteiger partial charge >= 0.3 is 0 Å². The Balaban J connectivity index is 1.81. The van der Waals surface area contributed by atoms with Gasteiger partial charge in [-0.3, -0.25) is 4.79 Å². The molecule has 0 saturated carbocycles. The van der Waals surface area contributed by atoms with Crippen LogP contribution >= 0.6 is 11.6 Å². The number of carbonyl (C=O) groups excluding carboxylic acids is 1. The number of nitrogens with one attached hydrogen (secondary N) is 1. The van der Waals surface area contributed by atoms with E-state index in [4.69, 9.17) is 11.6 Å². The molecule has 0 fully saturated rings. The number of rotatable bonds is 5. The minimum atomic E-state index is -0.333. The highest BCUT2D eigenvalue weighted by atomic mass is 35.5. The zero-order valence-electron chi connectivity index (χ0n) is 14.8. The molecule has 0 aliphatic carbocycles. The fourth-order valence-electron chi connectivity index (χ4n) is 2.81. The highest BCUT2D eigenvalue weighted by molar-refractivity contribution is 6.19. The average molecular weight is 400 g/mol. The maximum Gasteiger partial charge on any atom is 0.226 e. The lowest BCUT2D eigenvalue weighted by molar-refractivity contribution is -0.115. The number of alkyl halides is 1. The van der Waals surface area contributed by atoms with Crippen LogP contribution in [0.1, 0.15) is 12.1 Å². The number of amides is 1. The van der Waals surface area contributed by atoms with Gasteiger partial charge in [0.1, 0.15) is 18.0 Å². The molecule has 4 rings (SSSR count). The first-order chi connectivity index (χ1) is 13.6. The number of halogens is 2. The van der Waals surface area contributed by atoms with Crippen molar-refractivity contribution in [1.29, 1.82) is 0 Å². The molecular formula is C18H15ClFN7O. The molecule has 0 saturated heterocycles. The summed E-state index contributed by atoms with van der Waals surface area (Å²) < 4.78 is 16.3. The predicted octanol–water partition coefficient (Wildman–Crippen LogP) is 3.02. The molecule has 1 aromatic carbocycles. The number of aryl methyl sites for hydroxylation is 1. The number of fused-ring (bicyclic) bond motifs is 1. The molecule has 1 amide bonds. The third kappa shape index (κ3) is 3.31. The third-order valence-electron chi connectivity index (χ3n) is 4.04. The Labute approximate surface area is 164 Å². The van der Waals surface area contributed by atoms with Gasteiger partial charge in [-0.25, -0.2) is 19.0 Å². The van der Waals surface area contributed by atoms with Crippen LogP contribution in [0.5, 0.6) is 0 Å². The van der Waals surface area contributed by atoms with Crippen LogP contribution in [0.4, 0.5) is 10.2 Å². The van der Waals surface area contributed by atoms with Gasteiger partial charge in [-0.15, -0.1) is 11.6 Å². The summed E-state index contributed by atoms with van der Waals surface area (Å²) in [7, 11) is 0. The number of carbonyl (C=O) groups is 1. The molecular weight excluding hydrogens is 385 g/mol. The molecule has 3 heterocycles. The maximum atomic E-state index is 13.2. The van der Waals surface area contributed by atoms with E-state index >= 15 is 0 Å². The van der Waals surface area contributed by atoms with Gasteiger partial charge in [-0.2, -0.15) is 14.9 Å². The Morgan fingerprint density at radius 3 is 2.75 bits per heavy atom. The van der Waals surface area contributed by atoms with E-state index in [2.05, 4.69) is 25.5 Å². The summed E-state index contributed by atoms with van der Waals surface area (Å²) in [4.78, 5) is 20.6. The molecule has 8 nitrogen and oxygen atoms in total. The van der Waals surface area contributed by atoms with Gasteiger partial charge in [0.25, 0.3) is 0 Å². The maximum absolute atomic E-state index is 13.2. The van der Waals surface area contributed by atoms with Gasteiger partial charge in [0.2, 0.25) is 5.91 Å². The molecule has 142 valence electrons. The van der Waals surface area contributed by atoms with Crippen molar-refractivity contribution in [3.05, 3.63) is 54.4 Å². The van der Waals surface area contributed by atoms with Crippen molar-refractivity contribution in [2.45, 2.75) is 13.3 Å². The SMILES string of the molecule is Cc1cc(NC(=O)CCCl)n(-c2ncnc3c2cnn3-c2ccc(F)cc2)n1. The largest absolute Gasteiger partial charge is 0.310 e. The van der Waals surface area contributed by atoms with E-state index in [1.807, 2.05) is 6.92 Å². The predicted molar refractivity (Wildman–Crippen MR) is 102 cm³/mol. The van der Waals surface area contributed by atoms with Crippen LogP contribution in [0.25, 0.3) is 22.5 Å². The second-order valence-corrected chi connectivity index (χ2v) is 6.42. The Bertz CT molecular complexity index is 1150. The normalized spacial score (nSPS) is 11.1. The molecule has 0 spiro atoms. The standard InChI is InChI=1S/C18H15ClFN7O/c1-11-8-15(24-16(28)6-7-19)27(25-11)18-14-9-23-26(17(14)21-10-22-18)13-4-2-12(20)3-5-13/h2-5,8-10H,6-7H2,1H3,(H,24,28). The molecule has 0 aliphatic heterocycles. The van der Waals surface area contributed by atoms with Crippen LogP contribution in [-0.2, 0) is 4.79 Å². The zero-order valence-corrected chi connectivity index (χ0v) is 15.6. The van der Waals surface area contributed by atoms with Crippen molar-refractivity contribution in [2.24, 2.45) is 0 Å². The molecule has 10 heteroatoms. The first kappa shape index (κ1) is 18.1. The second-order valence-electron chi connectivity index (χ2n) is 6.04. The van der Waals surface area contributed by atoms with Gasteiger partial charge < -0.3 is 5.32 Å². The first-order valence-corrected chi connectivity index (χ1v) is 8.98. The lowest BCUT2D eigenvalue weighted by atomic mass is 10.3. The number of nitrogens with zero attached hydrogens (tertiary/aromatic N) is 6. The summed E-state index contributed by atoms with van der Waals surface area (Å²) in [6.45, 7) is 1.81. The Morgan fingerprint density at radius 1 is 1.21 bits per heavy atom. The van der Waals surface area contributed by atoms with Gasteiger partial charge in [0.15, 0.2) is 11.5 Å². The highest BCUT2D eigenvalue weighted by Crippen LogP contribution is 2.24. The minimum Gasteiger partial charge on any atom is -0.310 e. The number of hydrogen-bond donors (Lipinski definition) is 1. The van der Waals surface area contributed by atoms with Gasteiger partial charge in [0, 0.05) is 18.4 Å². The van der Waals surface area contributed by atoms with Crippen molar-refractivity contribution in [3.63, 3.8) is 0 Å². The monoisotopic (exact) mass is 399 g/mol. The molecule has 0 atom stereocenters. The summed E-state index contributed by atoms with van der Waals surface area (Å²) in [6, 6.07) is 7.67. The van der Waals surface area contributed by atoms with Gasteiger partial charge in [-0.1, -0.05) is 0 Å². The van der Waals surface area contributed by atoms with E-state index in [0.717, 1.165) is 0 Å². The summed E-state index contributed by atoms with van der Waals surface area (Å²) in [5.41, 5.74) is 1.90. The van der Waals surface area contributed by atoms with Crippen LogP contribution in [0.15, 0.2) is 42.9 Å². The summed E-state index contributed by atoms with van der Waals surface area (Å²) in [5, 5.41) is 12.2. The molecule has 3 aromatic heterocycles. The van der Waals surface area contributed by atoms with Crippen molar-refractivity contribution in [3.8, 4) is 11.5 Å². The average Bonchev–Trinajstić information content (AvgIpc) is 3.26. The molecule has 4 aromatic rings. The minimum absolute atomic E-state index is 0.188. The van der Waals surface area contributed by atoms with Crippen LogP contribution in [-0.4, -0.2) is 41.3 Å². The number of aromatic nitrogens is 6. The van der Waals surface area contributed by atoms with Crippen LogP contribution in [0.2, 0.25) is 0 Å². The van der Waals surface area contributed by atoms with E-state index in [0.29, 0.717) is 34.1 Å². The lowest BCUT2D eigenvalue weighted by Gasteiger charge is -2.08. The third-order valence-corrected chi connectivity index (χ3v) is 4.23. The number of anilines is 1. The molecule has 0 aliphatic rings. The van der Waals surface area contributed by atoms with Crippen LogP contribution < -0.4 is 5.32 Å². The zero-order chi connectivity index (χ0) is 19.7. The second kappa shape index (κ2) is 7.35. The fourth-order valence-corrected chi connectivity index (χ4v) is 2.98. The van der Waals surface area contributed by atoms with Crippen molar-refractivity contribution in [2.75, 3.05) is 11.2 Å². The van der Waals surface area contributed by atoms with Crippen LogP contribution in [0.3, 0.4) is 0 Å². The Hall–Kier alpha value is -3.33. The summed E-state index contributed by atoms with van der Waals surface area (Å²) >= 11 is 5.64. The summed E-state index contributed by atoms with van der Waals surface area (Å²) in [5.74, 6) is 0.611. The quantitative estimate of drug-likeness (QED) is 0.521.